The molecule has 1 fully saturated rings. The van der Waals surface area contributed by atoms with Crippen molar-refractivity contribution < 1.29 is 19.1 Å². The van der Waals surface area contributed by atoms with Crippen LogP contribution in [-0.2, 0) is 9.59 Å². The first-order chi connectivity index (χ1) is 8.58. The molecular weight excluding hydrogens is 239 g/mol. The zero-order chi connectivity index (χ0) is 13.1. The Morgan fingerprint density at radius 2 is 2.22 bits per heavy atom. The first-order valence-electron chi connectivity index (χ1n) is 5.57. The van der Waals surface area contributed by atoms with Gasteiger partial charge in [-0.05, 0) is 12.1 Å². The molecule has 0 saturated carbocycles. The van der Waals surface area contributed by atoms with Gasteiger partial charge in [-0.3, -0.25) is 9.59 Å². The van der Waals surface area contributed by atoms with E-state index in [9.17, 15) is 14.0 Å². The van der Waals surface area contributed by atoms with Gasteiger partial charge in [0.2, 0.25) is 5.91 Å². The van der Waals surface area contributed by atoms with E-state index in [1.165, 1.54) is 11.0 Å². The molecule has 6 heteroatoms. The highest BCUT2D eigenvalue weighted by molar-refractivity contribution is 5.83. The topological polar surface area (TPSA) is 69.6 Å². The number of anilines is 1. The number of rotatable bonds is 3. The van der Waals surface area contributed by atoms with Crippen molar-refractivity contribution in [2.45, 2.75) is 12.5 Å². The molecule has 5 nitrogen and oxygen atoms in total. The third-order valence-corrected chi connectivity index (χ3v) is 2.86. The predicted molar refractivity (Wildman–Crippen MR) is 62.8 cm³/mol. The summed E-state index contributed by atoms with van der Waals surface area (Å²) in [5, 5.41) is 11.4. The van der Waals surface area contributed by atoms with Crippen LogP contribution in [0.25, 0.3) is 0 Å². The van der Waals surface area contributed by atoms with E-state index >= 15 is 0 Å². The monoisotopic (exact) mass is 252 g/mol. The largest absolute Gasteiger partial charge is 0.481 e. The van der Waals surface area contributed by atoms with Gasteiger partial charge in [0.15, 0.2) is 0 Å². The van der Waals surface area contributed by atoms with Gasteiger partial charge < -0.3 is 15.3 Å². The highest BCUT2D eigenvalue weighted by Crippen LogP contribution is 2.23. The van der Waals surface area contributed by atoms with Gasteiger partial charge in [-0.25, -0.2) is 4.39 Å². The second-order valence-electron chi connectivity index (χ2n) is 4.14. The number of carboxylic acid groups (broad SMARTS) is 1. The molecule has 1 heterocycles. The fourth-order valence-electron chi connectivity index (χ4n) is 2.03. The molecule has 1 aromatic carbocycles. The van der Waals surface area contributed by atoms with Gasteiger partial charge in [-0.15, -0.1) is 0 Å². The maximum absolute atomic E-state index is 13.7. The van der Waals surface area contributed by atoms with E-state index in [0.29, 0.717) is 0 Å². The summed E-state index contributed by atoms with van der Waals surface area (Å²) in [7, 11) is 0. The van der Waals surface area contributed by atoms with E-state index in [0.717, 1.165) is 0 Å². The number of carboxylic acids is 1. The smallest absolute Gasteiger partial charge is 0.305 e. The van der Waals surface area contributed by atoms with Gasteiger partial charge in [0, 0.05) is 6.54 Å². The van der Waals surface area contributed by atoms with Crippen LogP contribution < -0.4 is 10.2 Å². The van der Waals surface area contributed by atoms with Crippen LogP contribution in [-0.4, -0.2) is 36.1 Å². The summed E-state index contributed by atoms with van der Waals surface area (Å²) in [5.41, 5.74) is 0.263. The lowest BCUT2D eigenvalue weighted by Gasteiger charge is -2.36. The van der Waals surface area contributed by atoms with Gasteiger partial charge in [-0.2, -0.15) is 0 Å². The molecule has 2 rings (SSSR count). The number of nitrogens with one attached hydrogen (secondary N) is 1. The third kappa shape index (κ3) is 2.58. The van der Waals surface area contributed by atoms with Crippen molar-refractivity contribution in [2.24, 2.45) is 0 Å². The Balaban J connectivity index is 2.28. The Hall–Kier alpha value is -2.11. The Morgan fingerprint density at radius 3 is 2.89 bits per heavy atom. The highest BCUT2D eigenvalue weighted by Gasteiger charge is 2.29. The number of aliphatic carboxylic acids is 1. The average molecular weight is 252 g/mol. The number of nitrogens with zero attached hydrogens (tertiary/aromatic N) is 1. The van der Waals surface area contributed by atoms with E-state index in [2.05, 4.69) is 5.32 Å². The van der Waals surface area contributed by atoms with Crippen LogP contribution in [0.2, 0.25) is 0 Å². The van der Waals surface area contributed by atoms with Crippen molar-refractivity contribution in [3.63, 3.8) is 0 Å². The van der Waals surface area contributed by atoms with Crippen LogP contribution in [0.5, 0.6) is 0 Å². The molecule has 0 spiro atoms. The molecule has 1 atom stereocenters. The number of para-hydroxylation sites is 1. The predicted octanol–water partition coefficient (Wildman–Crippen LogP) is 0.605. The van der Waals surface area contributed by atoms with Crippen LogP contribution in [0.3, 0.4) is 0 Å². The van der Waals surface area contributed by atoms with E-state index in [4.69, 9.17) is 5.11 Å². The van der Waals surface area contributed by atoms with Crippen LogP contribution in [0, 0.1) is 5.82 Å². The van der Waals surface area contributed by atoms with Gasteiger partial charge in [-0.1, -0.05) is 12.1 Å². The molecule has 1 aromatic rings. The lowest BCUT2D eigenvalue weighted by molar-refractivity contribution is -0.138. The van der Waals surface area contributed by atoms with Gasteiger partial charge in [0.1, 0.15) is 5.82 Å². The molecule has 18 heavy (non-hydrogen) atoms. The minimum absolute atomic E-state index is 0.0289. The first kappa shape index (κ1) is 12.3. The number of amides is 1. The highest BCUT2D eigenvalue weighted by atomic mass is 19.1. The normalized spacial score (nSPS) is 19.5. The fourth-order valence-corrected chi connectivity index (χ4v) is 2.03. The Kier molecular flexibility index (Phi) is 3.45. The zero-order valence-electron chi connectivity index (χ0n) is 9.60. The SMILES string of the molecule is O=C(O)CC1CNC(=O)CN1c1ccccc1F. The van der Waals surface area contributed by atoms with Gasteiger partial charge in [0.25, 0.3) is 0 Å². The maximum atomic E-state index is 13.7. The van der Waals surface area contributed by atoms with Crippen molar-refractivity contribution in [3.8, 4) is 0 Å². The second-order valence-corrected chi connectivity index (χ2v) is 4.14. The number of hydrogen-bond acceptors (Lipinski definition) is 3. The van der Waals surface area contributed by atoms with E-state index < -0.39 is 17.8 Å². The second kappa shape index (κ2) is 5.03. The van der Waals surface area contributed by atoms with Crippen molar-refractivity contribution in [2.75, 3.05) is 18.0 Å². The lowest BCUT2D eigenvalue weighted by Crippen LogP contribution is -2.55. The number of piperazine rings is 1. The molecule has 0 aromatic heterocycles. The van der Waals surface area contributed by atoms with Gasteiger partial charge in [0.05, 0.1) is 24.7 Å². The number of benzene rings is 1. The van der Waals surface area contributed by atoms with Gasteiger partial charge >= 0.3 is 5.97 Å². The maximum Gasteiger partial charge on any atom is 0.305 e. The number of carbonyl (C=O) groups excluding carboxylic acids is 1. The molecule has 2 N–H and O–H groups in total. The summed E-state index contributed by atoms with van der Waals surface area (Å²) >= 11 is 0. The van der Waals surface area contributed by atoms with Crippen molar-refractivity contribution in [1.82, 2.24) is 5.32 Å². The summed E-state index contributed by atoms with van der Waals surface area (Å²) < 4.78 is 13.7. The quantitative estimate of drug-likeness (QED) is 0.826. The molecule has 1 amide bonds. The molecule has 96 valence electrons. The summed E-state index contributed by atoms with van der Waals surface area (Å²) in [5.74, 6) is -1.67. The molecule has 1 aliphatic heterocycles. The average Bonchev–Trinajstić information content (AvgIpc) is 2.32. The number of hydrogen-bond donors (Lipinski definition) is 2. The molecule has 0 radical (unpaired) electrons. The first-order valence-corrected chi connectivity index (χ1v) is 5.57. The van der Waals surface area contributed by atoms with Crippen molar-refractivity contribution in [1.29, 1.82) is 0 Å². The summed E-state index contributed by atoms with van der Waals surface area (Å²) in [6.07, 6.45) is -0.144. The van der Waals surface area contributed by atoms with Crippen molar-refractivity contribution >= 4 is 17.6 Å². The number of halogens is 1. The minimum atomic E-state index is -0.975. The standard InChI is InChI=1S/C12H13FN2O3/c13-9-3-1-2-4-10(9)15-7-11(16)14-6-8(15)5-12(17)18/h1-4,8H,5-7H2,(H,14,16)(H,17,18). The zero-order valence-corrected chi connectivity index (χ0v) is 9.60. The van der Waals surface area contributed by atoms with E-state index in [1.54, 1.807) is 18.2 Å². The van der Waals surface area contributed by atoms with E-state index in [1.807, 2.05) is 0 Å². The Morgan fingerprint density at radius 1 is 1.50 bits per heavy atom. The minimum Gasteiger partial charge on any atom is -0.481 e. The third-order valence-electron chi connectivity index (χ3n) is 2.86. The molecule has 0 aliphatic carbocycles. The molecule has 1 unspecified atom stereocenters. The van der Waals surface area contributed by atoms with Crippen LogP contribution >= 0.6 is 0 Å². The summed E-state index contributed by atoms with van der Waals surface area (Å²) in [4.78, 5) is 23.6. The molecule has 1 saturated heterocycles. The molecular formula is C12H13FN2O3. The molecule has 1 aliphatic rings. The van der Waals surface area contributed by atoms with Crippen molar-refractivity contribution in [3.05, 3.63) is 30.1 Å². The summed E-state index contributed by atoms with van der Waals surface area (Å²) in [6, 6.07) is 5.61. The van der Waals surface area contributed by atoms with Crippen LogP contribution in [0.15, 0.2) is 24.3 Å². The van der Waals surface area contributed by atoms with E-state index in [-0.39, 0.29) is 31.1 Å². The fraction of sp³-hybridized carbons (Fsp3) is 0.333. The lowest BCUT2D eigenvalue weighted by atomic mass is 10.1. The number of carbonyl (C=O) groups is 2. The van der Waals surface area contributed by atoms with Crippen LogP contribution in [0.1, 0.15) is 6.42 Å². The molecule has 0 bridgehead atoms. The summed E-state index contributed by atoms with van der Waals surface area (Å²) in [6.45, 7) is 0.179. The Bertz CT molecular complexity index is 478. The Labute approximate surface area is 103 Å². The van der Waals surface area contributed by atoms with Crippen LogP contribution in [0.4, 0.5) is 10.1 Å².